The van der Waals surface area contributed by atoms with Crippen LogP contribution in [0.2, 0.25) is 0 Å². The number of nitrogens with zero attached hydrogens (tertiary/aromatic N) is 1. The second kappa shape index (κ2) is 2.96. The van der Waals surface area contributed by atoms with Crippen molar-refractivity contribution in [2.75, 3.05) is 7.05 Å². The minimum absolute atomic E-state index is 0.176. The Morgan fingerprint density at radius 2 is 2.00 bits per heavy atom. The number of para-hydroxylation sites is 1. The van der Waals surface area contributed by atoms with Crippen LogP contribution in [0.3, 0.4) is 0 Å². The van der Waals surface area contributed by atoms with E-state index < -0.39 is 10.3 Å². The predicted molar refractivity (Wildman–Crippen MR) is 52.2 cm³/mol. The highest BCUT2D eigenvalue weighted by Crippen LogP contribution is 2.35. The molecule has 1 aliphatic heterocycles. The summed E-state index contributed by atoms with van der Waals surface area (Å²) >= 11 is 0. The molecule has 0 aromatic heterocycles. The van der Waals surface area contributed by atoms with Gasteiger partial charge in [0.15, 0.2) is 0 Å². The number of benzene rings is 1. The zero-order valence-electron chi connectivity index (χ0n) is 7.97. The maximum atomic E-state index is 11.5. The average Bonchev–Trinajstić information content (AvgIpc) is 2.14. The standard InChI is InChI=1S/C9H11NO3S/c1-7-8-5-3-4-6-9(8)13-14(11,12)10(7)2/h3-7H,1-2H3. The normalized spacial score (nSPS) is 25.1. The quantitative estimate of drug-likeness (QED) is 0.653. The molecule has 0 amide bonds. The van der Waals surface area contributed by atoms with E-state index in [-0.39, 0.29) is 6.04 Å². The number of hydrogen-bond acceptors (Lipinski definition) is 3. The monoisotopic (exact) mass is 213 g/mol. The van der Waals surface area contributed by atoms with Gasteiger partial charge in [0, 0.05) is 12.6 Å². The van der Waals surface area contributed by atoms with E-state index in [2.05, 4.69) is 0 Å². The van der Waals surface area contributed by atoms with Crippen LogP contribution < -0.4 is 4.18 Å². The van der Waals surface area contributed by atoms with Gasteiger partial charge < -0.3 is 4.18 Å². The molecule has 0 saturated heterocycles. The fourth-order valence-electron chi connectivity index (χ4n) is 1.46. The summed E-state index contributed by atoms with van der Waals surface area (Å²) in [7, 11) is -2.08. The van der Waals surface area contributed by atoms with Crippen LogP contribution in [0.5, 0.6) is 5.75 Å². The van der Waals surface area contributed by atoms with Crippen molar-refractivity contribution in [2.45, 2.75) is 13.0 Å². The molecule has 0 fully saturated rings. The average molecular weight is 213 g/mol. The van der Waals surface area contributed by atoms with E-state index in [1.165, 1.54) is 11.4 Å². The van der Waals surface area contributed by atoms with E-state index in [1.54, 1.807) is 12.1 Å². The zero-order chi connectivity index (χ0) is 10.3. The van der Waals surface area contributed by atoms with Crippen molar-refractivity contribution in [3.8, 4) is 5.75 Å². The summed E-state index contributed by atoms with van der Waals surface area (Å²) in [4.78, 5) is 0. The van der Waals surface area contributed by atoms with Gasteiger partial charge in [0.25, 0.3) is 0 Å². The van der Waals surface area contributed by atoms with Crippen LogP contribution in [0, 0.1) is 0 Å². The first-order valence-electron chi connectivity index (χ1n) is 4.29. The van der Waals surface area contributed by atoms with Crippen LogP contribution in [-0.4, -0.2) is 19.8 Å². The molecule has 0 bridgehead atoms. The highest BCUT2D eigenvalue weighted by atomic mass is 32.2. The van der Waals surface area contributed by atoms with Crippen molar-refractivity contribution >= 4 is 10.3 Å². The Balaban J connectivity index is 2.59. The van der Waals surface area contributed by atoms with Crippen molar-refractivity contribution < 1.29 is 12.6 Å². The van der Waals surface area contributed by atoms with Gasteiger partial charge in [-0.25, -0.2) is 0 Å². The molecule has 0 saturated carbocycles. The molecule has 1 heterocycles. The van der Waals surface area contributed by atoms with Crippen molar-refractivity contribution in [3.05, 3.63) is 29.8 Å². The second-order valence-electron chi connectivity index (χ2n) is 3.27. The van der Waals surface area contributed by atoms with E-state index in [0.717, 1.165) is 5.56 Å². The molecule has 1 unspecified atom stereocenters. The number of fused-ring (bicyclic) bond motifs is 1. The van der Waals surface area contributed by atoms with E-state index in [4.69, 9.17) is 4.18 Å². The van der Waals surface area contributed by atoms with E-state index >= 15 is 0 Å². The maximum Gasteiger partial charge on any atom is 0.385 e. The maximum absolute atomic E-state index is 11.5. The Labute approximate surface area is 83.4 Å². The summed E-state index contributed by atoms with van der Waals surface area (Å²) in [6.07, 6.45) is 0. The molecule has 1 aliphatic rings. The predicted octanol–water partition coefficient (Wildman–Crippen LogP) is 1.32. The zero-order valence-corrected chi connectivity index (χ0v) is 8.78. The fraction of sp³-hybridized carbons (Fsp3) is 0.333. The van der Waals surface area contributed by atoms with Crippen LogP contribution in [0.25, 0.3) is 0 Å². The summed E-state index contributed by atoms with van der Waals surface area (Å²) in [5, 5.41) is 0. The summed E-state index contributed by atoms with van der Waals surface area (Å²) in [6.45, 7) is 1.83. The van der Waals surface area contributed by atoms with Crippen LogP contribution in [0.4, 0.5) is 0 Å². The molecule has 4 nitrogen and oxygen atoms in total. The lowest BCUT2D eigenvalue weighted by molar-refractivity contribution is 0.317. The van der Waals surface area contributed by atoms with Crippen LogP contribution in [0.15, 0.2) is 24.3 Å². The molecular weight excluding hydrogens is 202 g/mol. The van der Waals surface area contributed by atoms with Gasteiger partial charge in [-0.1, -0.05) is 18.2 Å². The molecule has 14 heavy (non-hydrogen) atoms. The Bertz CT molecular complexity index is 455. The largest absolute Gasteiger partial charge is 0.385 e. The third kappa shape index (κ3) is 1.29. The molecule has 76 valence electrons. The van der Waals surface area contributed by atoms with Gasteiger partial charge in [-0.05, 0) is 13.0 Å². The van der Waals surface area contributed by atoms with Crippen molar-refractivity contribution in [3.63, 3.8) is 0 Å². The lowest BCUT2D eigenvalue weighted by atomic mass is 10.1. The van der Waals surface area contributed by atoms with Crippen molar-refractivity contribution in [1.29, 1.82) is 0 Å². The summed E-state index contributed by atoms with van der Waals surface area (Å²) in [5.74, 6) is 0.429. The fourth-order valence-corrected chi connectivity index (χ4v) is 2.46. The highest BCUT2D eigenvalue weighted by molar-refractivity contribution is 7.84. The lowest BCUT2D eigenvalue weighted by Crippen LogP contribution is -2.37. The minimum atomic E-state index is -3.59. The Morgan fingerprint density at radius 3 is 2.71 bits per heavy atom. The molecule has 0 aliphatic carbocycles. The Kier molecular flexibility index (Phi) is 2.01. The highest BCUT2D eigenvalue weighted by Gasteiger charge is 2.33. The van der Waals surface area contributed by atoms with E-state index in [1.807, 2.05) is 19.1 Å². The van der Waals surface area contributed by atoms with Crippen molar-refractivity contribution in [1.82, 2.24) is 4.31 Å². The first-order valence-corrected chi connectivity index (χ1v) is 5.65. The molecule has 1 aromatic rings. The van der Waals surface area contributed by atoms with E-state index in [9.17, 15) is 8.42 Å². The molecule has 1 aromatic carbocycles. The van der Waals surface area contributed by atoms with Gasteiger partial charge in [-0.15, -0.1) is 0 Å². The smallest absolute Gasteiger partial charge is 0.370 e. The molecule has 0 radical (unpaired) electrons. The first kappa shape index (κ1) is 9.48. The second-order valence-corrected chi connectivity index (χ2v) is 4.87. The van der Waals surface area contributed by atoms with Gasteiger partial charge in [-0.2, -0.15) is 12.7 Å². The Hall–Kier alpha value is -1.07. The van der Waals surface area contributed by atoms with Crippen LogP contribution >= 0.6 is 0 Å². The molecule has 2 rings (SSSR count). The first-order chi connectivity index (χ1) is 6.52. The van der Waals surface area contributed by atoms with Gasteiger partial charge in [0.1, 0.15) is 5.75 Å². The Morgan fingerprint density at radius 1 is 1.36 bits per heavy atom. The molecule has 0 N–H and O–H groups in total. The van der Waals surface area contributed by atoms with Crippen LogP contribution in [-0.2, 0) is 10.3 Å². The SMILES string of the molecule is CC1c2ccccc2OS(=O)(=O)N1C. The third-order valence-electron chi connectivity index (χ3n) is 2.46. The van der Waals surface area contributed by atoms with Crippen LogP contribution in [0.1, 0.15) is 18.5 Å². The number of rotatable bonds is 0. The van der Waals surface area contributed by atoms with Gasteiger partial charge >= 0.3 is 10.3 Å². The summed E-state index contributed by atoms with van der Waals surface area (Å²) in [5.41, 5.74) is 0.893. The molecular formula is C9H11NO3S. The number of hydrogen-bond donors (Lipinski definition) is 0. The van der Waals surface area contributed by atoms with Gasteiger partial charge in [0.2, 0.25) is 0 Å². The van der Waals surface area contributed by atoms with Gasteiger partial charge in [-0.3, -0.25) is 0 Å². The van der Waals surface area contributed by atoms with Crippen molar-refractivity contribution in [2.24, 2.45) is 0 Å². The topological polar surface area (TPSA) is 46.6 Å². The molecule has 5 heteroatoms. The molecule has 1 atom stereocenters. The summed E-state index contributed by atoms with van der Waals surface area (Å²) in [6, 6.07) is 6.98. The van der Waals surface area contributed by atoms with E-state index in [0.29, 0.717) is 5.75 Å². The minimum Gasteiger partial charge on any atom is -0.370 e. The third-order valence-corrected chi connectivity index (χ3v) is 3.87. The summed E-state index contributed by atoms with van der Waals surface area (Å²) < 4.78 is 29.0. The molecule has 0 spiro atoms. The lowest BCUT2D eigenvalue weighted by Gasteiger charge is -2.30. The van der Waals surface area contributed by atoms with Gasteiger partial charge in [0.05, 0.1) is 6.04 Å².